The lowest BCUT2D eigenvalue weighted by atomic mass is 10.1. The maximum Gasteiger partial charge on any atom is 0.256 e. The zero-order valence-electron chi connectivity index (χ0n) is 9.70. The molecule has 0 saturated heterocycles. The summed E-state index contributed by atoms with van der Waals surface area (Å²) < 4.78 is 0.908. The van der Waals surface area contributed by atoms with Crippen LogP contribution in [0.4, 0.5) is 5.69 Å². The number of hydrogen-bond acceptors (Lipinski definition) is 3. The predicted octanol–water partition coefficient (Wildman–Crippen LogP) is 3.01. The summed E-state index contributed by atoms with van der Waals surface area (Å²) in [5, 5.41) is 7.31. The highest BCUT2D eigenvalue weighted by Crippen LogP contribution is 2.23. The van der Waals surface area contributed by atoms with E-state index in [1.807, 2.05) is 6.07 Å². The van der Waals surface area contributed by atoms with E-state index in [9.17, 15) is 9.59 Å². The van der Waals surface area contributed by atoms with Gasteiger partial charge in [0.2, 0.25) is 0 Å². The molecule has 2 N–H and O–H groups in total. The number of fused-ring (bicyclic) bond motifs is 1. The molecule has 0 spiro atoms. The molecule has 2 aromatic rings. The highest BCUT2D eigenvalue weighted by molar-refractivity contribution is 9.11. The van der Waals surface area contributed by atoms with Crippen molar-refractivity contribution in [3.8, 4) is 0 Å². The second-order valence-corrected chi connectivity index (χ2v) is 6.44. The number of halogens is 1. The number of hydrogen-bond donors (Lipinski definition) is 2. The molecule has 1 aromatic heterocycles. The van der Waals surface area contributed by atoms with E-state index in [1.165, 1.54) is 11.3 Å². The van der Waals surface area contributed by atoms with Gasteiger partial charge in [0, 0.05) is 23.2 Å². The minimum absolute atomic E-state index is 0.0932. The number of benzene rings is 1. The first-order valence-corrected chi connectivity index (χ1v) is 7.27. The van der Waals surface area contributed by atoms with Gasteiger partial charge in [-0.15, -0.1) is 11.3 Å². The predicted molar refractivity (Wildman–Crippen MR) is 77.6 cm³/mol. The average molecular weight is 337 g/mol. The fourth-order valence-corrected chi connectivity index (χ4v) is 3.06. The molecule has 4 nitrogen and oxygen atoms in total. The summed E-state index contributed by atoms with van der Waals surface area (Å²) in [5.74, 6) is -0.273. The Bertz CT molecular complexity index is 681. The Balaban J connectivity index is 1.82. The number of carbonyl (C=O) groups is 2. The van der Waals surface area contributed by atoms with Crippen LogP contribution in [-0.2, 0) is 6.54 Å². The van der Waals surface area contributed by atoms with Crippen LogP contribution in [0.2, 0.25) is 0 Å². The van der Waals surface area contributed by atoms with Gasteiger partial charge < -0.3 is 10.6 Å². The monoisotopic (exact) mass is 336 g/mol. The quantitative estimate of drug-likeness (QED) is 0.885. The maximum atomic E-state index is 12.0. The number of nitrogens with one attached hydrogen (secondary N) is 2. The standard InChI is InChI=1S/C13H9BrN2O2S/c14-11-3-8(6-19-11)12(17)16-9-2-1-7-5-15-13(18)10(7)4-9/h1-4,6H,5H2,(H,15,18)(H,16,17). The van der Waals surface area contributed by atoms with Crippen molar-refractivity contribution in [2.75, 3.05) is 5.32 Å². The molecule has 1 aliphatic rings. The summed E-state index contributed by atoms with van der Waals surface area (Å²) in [5.41, 5.74) is 2.82. The van der Waals surface area contributed by atoms with Crippen LogP contribution in [0, 0.1) is 0 Å². The molecule has 96 valence electrons. The van der Waals surface area contributed by atoms with E-state index in [1.54, 1.807) is 23.6 Å². The van der Waals surface area contributed by atoms with Crippen molar-refractivity contribution in [3.05, 3.63) is 50.1 Å². The number of carbonyl (C=O) groups excluding carboxylic acids is 2. The lowest BCUT2D eigenvalue weighted by Gasteiger charge is -2.05. The van der Waals surface area contributed by atoms with Gasteiger partial charge in [-0.2, -0.15) is 0 Å². The van der Waals surface area contributed by atoms with Gasteiger partial charge in [0.25, 0.3) is 11.8 Å². The Labute approximate surface area is 122 Å². The van der Waals surface area contributed by atoms with E-state index in [0.717, 1.165) is 9.35 Å². The number of thiophene rings is 1. The van der Waals surface area contributed by atoms with Crippen LogP contribution in [0.1, 0.15) is 26.3 Å². The molecule has 3 rings (SSSR count). The van der Waals surface area contributed by atoms with Gasteiger partial charge in [-0.1, -0.05) is 6.07 Å². The van der Waals surface area contributed by atoms with Crippen LogP contribution < -0.4 is 10.6 Å². The Morgan fingerprint density at radius 1 is 1.37 bits per heavy atom. The van der Waals surface area contributed by atoms with Crippen LogP contribution in [-0.4, -0.2) is 11.8 Å². The van der Waals surface area contributed by atoms with Crippen LogP contribution in [0.5, 0.6) is 0 Å². The minimum atomic E-state index is -0.180. The topological polar surface area (TPSA) is 58.2 Å². The first kappa shape index (κ1) is 12.4. The van der Waals surface area contributed by atoms with Gasteiger partial charge in [-0.05, 0) is 39.7 Å². The Hall–Kier alpha value is -1.66. The second-order valence-electron chi connectivity index (χ2n) is 4.15. The van der Waals surface area contributed by atoms with Gasteiger partial charge in [0.05, 0.1) is 9.35 Å². The molecular weight excluding hydrogens is 328 g/mol. The number of rotatable bonds is 2. The summed E-state index contributed by atoms with van der Waals surface area (Å²) in [7, 11) is 0. The van der Waals surface area contributed by atoms with Crippen molar-refractivity contribution in [1.82, 2.24) is 5.32 Å². The van der Waals surface area contributed by atoms with Gasteiger partial charge >= 0.3 is 0 Å². The van der Waals surface area contributed by atoms with Gasteiger partial charge in [0.15, 0.2) is 0 Å². The molecule has 0 saturated carbocycles. The van der Waals surface area contributed by atoms with Gasteiger partial charge in [0.1, 0.15) is 0 Å². The lowest BCUT2D eigenvalue weighted by Crippen LogP contribution is -2.13. The smallest absolute Gasteiger partial charge is 0.256 e. The third kappa shape index (κ3) is 2.41. The highest BCUT2D eigenvalue weighted by Gasteiger charge is 2.19. The highest BCUT2D eigenvalue weighted by atomic mass is 79.9. The Kier molecular flexibility index (Phi) is 3.12. The zero-order valence-corrected chi connectivity index (χ0v) is 12.1. The summed E-state index contributed by atoms with van der Waals surface area (Å²) in [6.45, 7) is 0.555. The van der Waals surface area contributed by atoms with Crippen molar-refractivity contribution in [2.24, 2.45) is 0 Å². The normalized spacial score (nSPS) is 13.0. The number of amides is 2. The molecule has 2 amide bonds. The third-order valence-electron chi connectivity index (χ3n) is 2.88. The average Bonchev–Trinajstić information content (AvgIpc) is 2.97. The first-order valence-electron chi connectivity index (χ1n) is 5.60. The molecule has 19 heavy (non-hydrogen) atoms. The largest absolute Gasteiger partial charge is 0.348 e. The number of anilines is 1. The summed E-state index contributed by atoms with van der Waals surface area (Å²) in [6.07, 6.45) is 0. The van der Waals surface area contributed by atoms with Crippen LogP contribution in [0.25, 0.3) is 0 Å². The first-order chi connectivity index (χ1) is 9.13. The van der Waals surface area contributed by atoms with E-state index in [0.29, 0.717) is 23.4 Å². The fourth-order valence-electron chi connectivity index (χ4n) is 1.92. The molecule has 0 radical (unpaired) electrons. The van der Waals surface area contributed by atoms with Gasteiger partial charge in [-0.3, -0.25) is 9.59 Å². The molecule has 0 atom stereocenters. The Morgan fingerprint density at radius 3 is 2.95 bits per heavy atom. The molecule has 1 aliphatic heterocycles. The SMILES string of the molecule is O=C(Nc1ccc2c(c1)C(=O)NC2)c1csc(Br)c1. The van der Waals surface area contributed by atoms with E-state index in [-0.39, 0.29) is 11.8 Å². The van der Waals surface area contributed by atoms with E-state index >= 15 is 0 Å². The third-order valence-corrected chi connectivity index (χ3v) is 4.39. The molecule has 0 unspecified atom stereocenters. The van der Waals surface area contributed by atoms with Crippen LogP contribution in [0.15, 0.2) is 33.4 Å². The Morgan fingerprint density at radius 2 is 2.21 bits per heavy atom. The van der Waals surface area contributed by atoms with E-state index in [4.69, 9.17) is 0 Å². The summed E-state index contributed by atoms with van der Waals surface area (Å²) in [6, 6.07) is 7.13. The molecule has 6 heteroatoms. The molecular formula is C13H9BrN2O2S. The minimum Gasteiger partial charge on any atom is -0.348 e. The van der Waals surface area contributed by atoms with E-state index < -0.39 is 0 Å². The molecule has 1 aromatic carbocycles. The van der Waals surface area contributed by atoms with Crippen molar-refractivity contribution in [3.63, 3.8) is 0 Å². The van der Waals surface area contributed by atoms with Crippen LogP contribution >= 0.6 is 27.3 Å². The lowest BCUT2D eigenvalue weighted by molar-refractivity contribution is 0.0964. The van der Waals surface area contributed by atoms with Crippen molar-refractivity contribution in [2.45, 2.75) is 6.54 Å². The molecule has 0 bridgehead atoms. The molecule has 2 heterocycles. The van der Waals surface area contributed by atoms with Crippen molar-refractivity contribution in [1.29, 1.82) is 0 Å². The van der Waals surface area contributed by atoms with Crippen molar-refractivity contribution >= 4 is 44.8 Å². The van der Waals surface area contributed by atoms with Crippen LogP contribution in [0.3, 0.4) is 0 Å². The van der Waals surface area contributed by atoms with E-state index in [2.05, 4.69) is 26.6 Å². The molecule has 0 fully saturated rings. The maximum absolute atomic E-state index is 12.0. The second kappa shape index (κ2) is 4.79. The molecule has 0 aliphatic carbocycles. The fraction of sp³-hybridized carbons (Fsp3) is 0.0769. The van der Waals surface area contributed by atoms with Gasteiger partial charge in [-0.25, -0.2) is 0 Å². The zero-order chi connectivity index (χ0) is 13.4. The summed E-state index contributed by atoms with van der Waals surface area (Å²) in [4.78, 5) is 23.5. The summed E-state index contributed by atoms with van der Waals surface area (Å²) >= 11 is 4.78. The van der Waals surface area contributed by atoms with Crippen molar-refractivity contribution < 1.29 is 9.59 Å².